The Kier molecular flexibility index (Phi) is 10.4. The van der Waals surface area contributed by atoms with E-state index in [-0.39, 0.29) is 29.9 Å². The van der Waals surface area contributed by atoms with E-state index >= 15 is 0 Å². The second-order valence-electron chi connectivity index (χ2n) is 8.59. The number of hydrogen-bond acceptors (Lipinski definition) is 3. The van der Waals surface area contributed by atoms with E-state index in [0.29, 0.717) is 24.3 Å². The van der Waals surface area contributed by atoms with E-state index in [4.69, 9.17) is 0 Å². The summed E-state index contributed by atoms with van der Waals surface area (Å²) in [5.74, 6) is 0.103. The van der Waals surface area contributed by atoms with Crippen molar-refractivity contribution in [1.82, 2.24) is 10.2 Å². The smallest absolute Gasteiger partial charge is 0.243 e. The molecule has 0 spiro atoms. The molecule has 6 heteroatoms. The Bertz CT molecular complexity index is 1090. The number of benzene rings is 3. The van der Waals surface area contributed by atoms with Gasteiger partial charge >= 0.3 is 0 Å². The minimum atomic E-state index is -0.740. The summed E-state index contributed by atoms with van der Waals surface area (Å²) in [5, 5.41) is 2.94. The van der Waals surface area contributed by atoms with Crippen molar-refractivity contribution in [3.63, 3.8) is 0 Å². The summed E-state index contributed by atoms with van der Waals surface area (Å²) in [6.07, 6.45) is 1.15. The van der Waals surface area contributed by atoms with Crippen molar-refractivity contribution >= 4 is 23.6 Å². The lowest BCUT2D eigenvalue weighted by atomic mass is 10.0. The van der Waals surface area contributed by atoms with Gasteiger partial charge < -0.3 is 10.2 Å². The number of carbonyl (C=O) groups is 2. The first-order valence-electron chi connectivity index (χ1n) is 12.0. The molecule has 3 aromatic carbocycles. The summed E-state index contributed by atoms with van der Waals surface area (Å²) < 4.78 is 14.6. The van der Waals surface area contributed by atoms with Crippen molar-refractivity contribution in [2.75, 3.05) is 12.3 Å². The summed E-state index contributed by atoms with van der Waals surface area (Å²) in [6, 6.07) is 23.5. The first kappa shape index (κ1) is 26.5. The van der Waals surface area contributed by atoms with Crippen LogP contribution in [0.5, 0.6) is 0 Å². The second-order valence-corrected chi connectivity index (χ2v) is 9.57. The molecule has 35 heavy (non-hydrogen) atoms. The first-order valence-corrected chi connectivity index (χ1v) is 13.1. The fourth-order valence-corrected chi connectivity index (χ4v) is 4.62. The molecule has 4 nitrogen and oxygen atoms in total. The van der Waals surface area contributed by atoms with Gasteiger partial charge in [0.1, 0.15) is 11.9 Å². The summed E-state index contributed by atoms with van der Waals surface area (Å²) >= 11 is 1.50. The maximum Gasteiger partial charge on any atom is 0.243 e. The van der Waals surface area contributed by atoms with Crippen LogP contribution in [0.1, 0.15) is 35.6 Å². The van der Waals surface area contributed by atoms with Gasteiger partial charge in [0, 0.05) is 30.8 Å². The Balaban J connectivity index is 1.83. The van der Waals surface area contributed by atoms with Crippen molar-refractivity contribution in [3.8, 4) is 0 Å². The van der Waals surface area contributed by atoms with Crippen molar-refractivity contribution in [3.05, 3.63) is 107 Å². The number of aryl methyl sites for hydroxylation is 1. The summed E-state index contributed by atoms with van der Waals surface area (Å²) in [7, 11) is 0. The number of hydrogen-bond donors (Lipinski definition) is 1. The molecule has 0 aliphatic carbocycles. The van der Waals surface area contributed by atoms with E-state index in [1.54, 1.807) is 23.1 Å². The normalized spacial score (nSPS) is 11.6. The molecule has 1 N–H and O–H groups in total. The molecule has 0 radical (unpaired) electrons. The molecule has 2 amide bonds. The third kappa shape index (κ3) is 8.25. The molecule has 1 atom stereocenters. The Morgan fingerprint density at radius 2 is 1.63 bits per heavy atom. The summed E-state index contributed by atoms with van der Waals surface area (Å²) in [4.78, 5) is 28.3. The van der Waals surface area contributed by atoms with Crippen LogP contribution in [0.2, 0.25) is 0 Å². The van der Waals surface area contributed by atoms with Gasteiger partial charge in [-0.15, -0.1) is 11.8 Å². The van der Waals surface area contributed by atoms with Crippen LogP contribution in [-0.2, 0) is 28.3 Å². The van der Waals surface area contributed by atoms with Crippen LogP contribution in [0.25, 0.3) is 0 Å². The van der Waals surface area contributed by atoms with Gasteiger partial charge in [0.25, 0.3) is 0 Å². The molecule has 0 saturated carbocycles. The molecule has 3 rings (SSSR count). The van der Waals surface area contributed by atoms with E-state index in [0.717, 1.165) is 17.5 Å². The summed E-state index contributed by atoms with van der Waals surface area (Å²) in [6.45, 7) is 4.58. The van der Waals surface area contributed by atoms with Gasteiger partial charge in [0.15, 0.2) is 0 Å². The Labute approximate surface area is 211 Å². The SMILES string of the molecule is CCCNC(=O)[C@@H](Cc1ccccc1)N(Cc1ccccc1F)C(=O)CSCc1ccc(C)cc1. The molecule has 3 aromatic rings. The fourth-order valence-electron chi connectivity index (χ4n) is 3.75. The Morgan fingerprint density at radius 3 is 2.31 bits per heavy atom. The van der Waals surface area contributed by atoms with Gasteiger partial charge in [-0.25, -0.2) is 4.39 Å². The minimum Gasteiger partial charge on any atom is -0.354 e. The molecule has 0 fully saturated rings. The molecule has 0 unspecified atom stereocenters. The third-order valence-electron chi connectivity index (χ3n) is 5.73. The number of thioether (sulfide) groups is 1. The van der Waals surface area contributed by atoms with Crippen molar-refractivity contribution in [2.45, 2.75) is 45.0 Å². The molecular formula is C29H33FN2O2S. The van der Waals surface area contributed by atoms with E-state index in [9.17, 15) is 14.0 Å². The topological polar surface area (TPSA) is 49.4 Å². The quantitative estimate of drug-likeness (QED) is 0.362. The van der Waals surface area contributed by atoms with Gasteiger partial charge in [0.05, 0.1) is 5.75 Å². The first-order chi connectivity index (χ1) is 17.0. The van der Waals surface area contributed by atoms with Crippen LogP contribution in [0.4, 0.5) is 4.39 Å². The predicted molar refractivity (Wildman–Crippen MR) is 142 cm³/mol. The third-order valence-corrected chi connectivity index (χ3v) is 6.72. The number of nitrogens with zero attached hydrogens (tertiary/aromatic N) is 1. The lowest BCUT2D eigenvalue weighted by Gasteiger charge is -2.31. The number of rotatable bonds is 12. The van der Waals surface area contributed by atoms with Gasteiger partial charge in [-0.2, -0.15) is 0 Å². The molecule has 184 valence electrons. The highest BCUT2D eigenvalue weighted by atomic mass is 32.2. The van der Waals surface area contributed by atoms with Crippen LogP contribution in [0, 0.1) is 12.7 Å². The highest BCUT2D eigenvalue weighted by Crippen LogP contribution is 2.20. The molecule has 0 bridgehead atoms. The van der Waals surface area contributed by atoms with Crippen LogP contribution in [0.3, 0.4) is 0 Å². The van der Waals surface area contributed by atoms with Crippen LogP contribution < -0.4 is 5.32 Å². The van der Waals surface area contributed by atoms with E-state index in [1.807, 2.05) is 44.2 Å². The second kappa shape index (κ2) is 13.7. The highest BCUT2D eigenvalue weighted by Gasteiger charge is 2.30. The van der Waals surface area contributed by atoms with Gasteiger partial charge in [0.2, 0.25) is 11.8 Å². The van der Waals surface area contributed by atoms with Gasteiger partial charge in [-0.3, -0.25) is 9.59 Å². The number of carbonyl (C=O) groups excluding carboxylic acids is 2. The summed E-state index contributed by atoms with van der Waals surface area (Å²) in [5.41, 5.74) is 3.66. The molecule has 0 aliphatic rings. The Hall–Kier alpha value is -3.12. The Morgan fingerprint density at radius 1 is 0.943 bits per heavy atom. The van der Waals surface area contributed by atoms with Gasteiger partial charge in [-0.05, 0) is 30.5 Å². The maximum atomic E-state index is 14.6. The number of amides is 2. The average Bonchev–Trinajstić information content (AvgIpc) is 2.87. The largest absolute Gasteiger partial charge is 0.354 e. The van der Waals surface area contributed by atoms with Crippen LogP contribution in [-0.4, -0.2) is 35.1 Å². The van der Waals surface area contributed by atoms with Crippen molar-refractivity contribution < 1.29 is 14.0 Å². The molecular weight excluding hydrogens is 459 g/mol. The van der Waals surface area contributed by atoms with Crippen molar-refractivity contribution in [2.24, 2.45) is 0 Å². The van der Waals surface area contributed by atoms with E-state index in [1.165, 1.54) is 23.4 Å². The van der Waals surface area contributed by atoms with Crippen LogP contribution >= 0.6 is 11.8 Å². The zero-order valence-electron chi connectivity index (χ0n) is 20.4. The number of nitrogens with one attached hydrogen (secondary N) is 1. The lowest BCUT2D eigenvalue weighted by molar-refractivity contribution is -0.139. The average molecular weight is 493 g/mol. The molecule has 0 aliphatic heterocycles. The highest BCUT2D eigenvalue weighted by molar-refractivity contribution is 7.99. The number of halogens is 1. The van der Waals surface area contributed by atoms with E-state index < -0.39 is 6.04 Å². The fraction of sp³-hybridized carbons (Fsp3) is 0.310. The standard InChI is InChI=1S/C29H33FN2O2S/c1-3-17-31-29(34)27(18-23-9-5-4-6-10-23)32(19-25-11-7-8-12-26(25)30)28(33)21-35-20-24-15-13-22(2)14-16-24/h4-16,27H,3,17-21H2,1-2H3,(H,31,34)/t27-/m1/s1. The lowest BCUT2D eigenvalue weighted by Crippen LogP contribution is -2.51. The maximum absolute atomic E-state index is 14.6. The van der Waals surface area contributed by atoms with E-state index in [2.05, 4.69) is 29.6 Å². The predicted octanol–water partition coefficient (Wildman–Crippen LogP) is 5.53. The van der Waals surface area contributed by atoms with Crippen molar-refractivity contribution in [1.29, 1.82) is 0 Å². The van der Waals surface area contributed by atoms with Crippen LogP contribution in [0.15, 0.2) is 78.9 Å². The molecule has 0 heterocycles. The zero-order valence-corrected chi connectivity index (χ0v) is 21.2. The molecule has 0 aromatic heterocycles. The minimum absolute atomic E-state index is 0.0354. The molecule has 0 saturated heterocycles. The monoisotopic (exact) mass is 492 g/mol. The van der Waals surface area contributed by atoms with Gasteiger partial charge in [-0.1, -0.05) is 85.3 Å². The zero-order chi connectivity index (χ0) is 25.0.